The molecule has 188 valence electrons. The van der Waals surface area contributed by atoms with Crippen LogP contribution in [-0.4, -0.2) is 64.5 Å². The van der Waals surface area contributed by atoms with Crippen molar-refractivity contribution in [2.45, 2.75) is 31.3 Å². The van der Waals surface area contributed by atoms with E-state index in [4.69, 9.17) is 30.3 Å². The molecule has 21 heteroatoms. The Hall–Kier alpha value is -1.83. The minimum Gasteiger partial charge on any atom is -0.382 e. The summed E-state index contributed by atoms with van der Waals surface area (Å²) in [6, 6.07) is 1.89. The molecule has 0 bridgehead atoms. The van der Waals surface area contributed by atoms with Gasteiger partial charge in [-0.3, -0.25) is 9.09 Å². The Morgan fingerprint density at radius 2 is 1.91 bits per heavy atom. The van der Waals surface area contributed by atoms with Crippen LogP contribution >= 0.6 is 23.5 Å². The van der Waals surface area contributed by atoms with Gasteiger partial charge in [-0.05, 0) is 0 Å². The van der Waals surface area contributed by atoms with E-state index in [1.807, 2.05) is 6.07 Å². The fourth-order valence-electron chi connectivity index (χ4n) is 3.00. The topological polar surface area (TPSA) is 272 Å². The van der Waals surface area contributed by atoms with E-state index in [-0.39, 0.29) is 25.3 Å². The number of nitrogens with zero attached hydrogens (tertiary/aromatic N) is 5. The van der Waals surface area contributed by atoms with Crippen molar-refractivity contribution < 1.29 is 55.9 Å². The molecule has 3 rings (SSSR count). The highest BCUT2D eigenvalue weighted by Gasteiger charge is 2.43. The van der Waals surface area contributed by atoms with Crippen molar-refractivity contribution in [1.29, 1.82) is 5.26 Å². The van der Waals surface area contributed by atoms with Crippen LogP contribution in [0.4, 0.5) is 5.82 Å². The molecule has 6 N–H and O–H groups in total. The molecule has 5 unspecified atom stereocenters. The van der Waals surface area contributed by atoms with Gasteiger partial charge in [-0.15, -0.1) is 0 Å². The van der Waals surface area contributed by atoms with Gasteiger partial charge in [-0.1, -0.05) is 0 Å². The molecule has 0 saturated carbocycles. The van der Waals surface area contributed by atoms with Crippen LogP contribution in [0, 0.1) is 11.3 Å². The Morgan fingerprint density at radius 1 is 1.18 bits per heavy atom. The first-order valence-electron chi connectivity index (χ1n) is 9.15. The molecule has 5 atom stereocenters. The minimum atomic E-state index is -5.67. The molecular formula is C13H19N6O12P3. The van der Waals surface area contributed by atoms with E-state index in [0.29, 0.717) is 11.2 Å². The number of fused-ring (bicyclic) bond motifs is 1. The average Bonchev–Trinajstić information content (AvgIpc) is 3.28. The predicted molar refractivity (Wildman–Crippen MR) is 108 cm³/mol. The SMILES string of the molecule is N#CCCOC1CC(n2cnc3c(N)ncnc32)OC1COP(=O)(O)OP(=O)(O)OP(=O)(O)O. The van der Waals surface area contributed by atoms with Crippen LogP contribution in [0.25, 0.3) is 11.2 Å². The first-order chi connectivity index (χ1) is 15.8. The molecule has 0 spiro atoms. The second-order valence-corrected chi connectivity index (χ2v) is 11.1. The molecule has 3 heterocycles. The average molecular weight is 544 g/mol. The number of anilines is 1. The van der Waals surface area contributed by atoms with Crippen molar-refractivity contribution in [1.82, 2.24) is 19.5 Å². The first kappa shape index (κ1) is 26.8. The van der Waals surface area contributed by atoms with E-state index in [0.717, 1.165) is 0 Å². The lowest BCUT2D eigenvalue weighted by Crippen LogP contribution is -2.29. The van der Waals surface area contributed by atoms with Gasteiger partial charge < -0.3 is 34.8 Å². The molecule has 0 amide bonds. The predicted octanol–water partition coefficient (Wildman–Crippen LogP) is 0.338. The number of aromatic nitrogens is 4. The summed E-state index contributed by atoms with van der Waals surface area (Å²) >= 11 is 0. The van der Waals surface area contributed by atoms with Crippen molar-refractivity contribution in [2.24, 2.45) is 0 Å². The molecule has 0 aliphatic carbocycles. The number of nitrogen functional groups attached to an aromatic ring is 1. The second kappa shape index (κ2) is 10.4. The number of rotatable bonds is 11. The molecule has 18 nitrogen and oxygen atoms in total. The zero-order valence-electron chi connectivity index (χ0n) is 16.9. The van der Waals surface area contributed by atoms with Gasteiger partial charge in [-0.25, -0.2) is 28.6 Å². The van der Waals surface area contributed by atoms with Crippen LogP contribution in [-0.2, 0) is 36.3 Å². The fraction of sp³-hybridized carbons (Fsp3) is 0.538. The molecule has 0 radical (unpaired) electrons. The maximum atomic E-state index is 12.0. The van der Waals surface area contributed by atoms with Gasteiger partial charge >= 0.3 is 23.5 Å². The highest BCUT2D eigenvalue weighted by atomic mass is 31.3. The van der Waals surface area contributed by atoms with Gasteiger partial charge in [0.15, 0.2) is 11.5 Å². The molecule has 2 aromatic rings. The molecule has 1 aliphatic rings. The lowest BCUT2D eigenvalue weighted by Gasteiger charge is -2.21. The van der Waals surface area contributed by atoms with Crippen molar-refractivity contribution in [2.75, 3.05) is 18.9 Å². The number of ether oxygens (including phenoxy) is 2. The molecule has 1 saturated heterocycles. The molecule has 0 aromatic carbocycles. The number of nitriles is 1. The Bertz CT molecular complexity index is 1210. The summed E-state index contributed by atoms with van der Waals surface area (Å²) in [5.41, 5.74) is 6.41. The van der Waals surface area contributed by atoms with Gasteiger partial charge in [-0.2, -0.15) is 13.9 Å². The zero-order chi connectivity index (χ0) is 25.1. The van der Waals surface area contributed by atoms with Gasteiger partial charge in [0.25, 0.3) is 0 Å². The number of phosphoric acid groups is 3. The van der Waals surface area contributed by atoms with E-state index < -0.39 is 48.5 Å². The summed E-state index contributed by atoms with van der Waals surface area (Å²) < 4.78 is 59.1. The van der Waals surface area contributed by atoms with E-state index >= 15 is 0 Å². The number of hydrogen-bond acceptors (Lipinski definition) is 13. The van der Waals surface area contributed by atoms with Gasteiger partial charge in [0.05, 0.1) is 38.1 Å². The minimum absolute atomic E-state index is 0.00277. The first-order valence-corrected chi connectivity index (χ1v) is 13.7. The molecule has 34 heavy (non-hydrogen) atoms. The summed E-state index contributed by atoms with van der Waals surface area (Å²) in [5, 5.41) is 8.72. The summed E-state index contributed by atoms with van der Waals surface area (Å²) in [5.74, 6) is 0.132. The smallest absolute Gasteiger partial charge is 0.382 e. The maximum Gasteiger partial charge on any atom is 0.490 e. The van der Waals surface area contributed by atoms with E-state index in [2.05, 4.69) is 28.1 Å². The molecular weight excluding hydrogens is 525 g/mol. The van der Waals surface area contributed by atoms with Crippen molar-refractivity contribution in [3.8, 4) is 6.07 Å². The third-order valence-corrected chi connectivity index (χ3v) is 8.04. The normalized spacial score (nSPS) is 24.5. The largest absolute Gasteiger partial charge is 0.490 e. The van der Waals surface area contributed by atoms with Crippen molar-refractivity contribution in [3.63, 3.8) is 0 Å². The summed E-state index contributed by atoms with van der Waals surface area (Å²) in [6.07, 6.45) is 0.219. The van der Waals surface area contributed by atoms with Crippen LogP contribution in [0.3, 0.4) is 0 Å². The van der Waals surface area contributed by atoms with Crippen LogP contribution in [0.15, 0.2) is 12.7 Å². The highest BCUT2D eigenvalue weighted by Crippen LogP contribution is 2.66. The lowest BCUT2D eigenvalue weighted by molar-refractivity contribution is -0.0584. The van der Waals surface area contributed by atoms with Crippen molar-refractivity contribution in [3.05, 3.63) is 12.7 Å². The third kappa shape index (κ3) is 7.09. The monoisotopic (exact) mass is 544 g/mol. The number of nitrogens with two attached hydrogens (primary N) is 1. The van der Waals surface area contributed by atoms with E-state index in [1.165, 1.54) is 17.2 Å². The van der Waals surface area contributed by atoms with Crippen LogP contribution in [0.5, 0.6) is 0 Å². The fourth-order valence-corrected chi connectivity index (χ4v) is 6.03. The lowest BCUT2D eigenvalue weighted by atomic mass is 10.2. The second-order valence-electron chi connectivity index (χ2n) is 6.65. The number of imidazole rings is 1. The van der Waals surface area contributed by atoms with Gasteiger partial charge in [0.1, 0.15) is 24.2 Å². The Kier molecular flexibility index (Phi) is 8.21. The van der Waals surface area contributed by atoms with E-state index in [9.17, 15) is 23.5 Å². The van der Waals surface area contributed by atoms with Crippen LogP contribution in [0.2, 0.25) is 0 Å². The summed E-state index contributed by atoms with van der Waals surface area (Å²) in [4.78, 5) is 48.2. The molecule has 1 fully saturated rings. The standard InChI is InChI=1S/C13H19N6O12P3/c14-2-1-3-27-8-4-10(19-7-18-11-12(15)16-6-17-13(11)19)29-9(8)5-28-33(23,24)31-34(25,26)30-32(20,21)22/h6-10H,1,3-5H2,(H,23,24)(H,25,26)(H2,15,16,17)(H2,20,21,22). The molecule has 1 aliphatic heterocycles. The third-order valence-electron chi connectivity index (χ3n) is 4.24. The number of hydrogen-bond donors (Lipinski definition) is 5. The Morgan fingerprint density at radius 3 is 2.59 bits per heavy atom. The van der Waals surface area contributed by atoms with E-state index in [1.54, 1.807) is 0 Å². The van der Waals surface area contributed by atoms with Crippen LogP contribution < -0.4 is 5.73 Å². The summed E-state index contributed by atoms with van der Waals surface area (Å²) in [6.45, 7) is -0.718. The van der Waals surface area contributed by atoms with Crippen LogP contribution in [0.1, 0.15) is 19.1 Å². The zero-order valence-corrected chi connectivity index (χ0v) is 19.6. The Balaban J connectivity index is 1.72. The van der Waals surface area contributed by atoms with Crippen molar-refractivity contribution >= 4 is 40.4 Å². The molecule has 2 aromatic heterocycles. The van der Waals surface area contributed by atoms with Gasteiger partial charge in [0.2, 0.25) is 0 Å². The number of phosphoric ester groups is 1. The Labute approximate surface area is 190 Å². The highest BCUT2D eigenvalue weighted by molar-refractivity contribution is 7.66. The quantitative estimate of drug-likeness (QED) is 0.188. The van der Waals surface area contributed by atoms with Gasteiger partial charge in [0, 0.05) is 6.42 Å². The summed E-state index contributed by atoms with van der Waals surface area (Å²) in [7, 11) is -16.6. The maximum absolute atomic E-state index is 12.0.